The van der Waals surface area contributed by atoms with E-state index >= 15 is 0 Å². The largest absolute Gasteiger partial charge is 0.493 e. The van der Waals surface area contributed by atoms with E-state index in [1.54, 1.807) is 14.2 Å². The molecule has 0 N–H and O–H groups in total. The molecule has 5 atom stereocenters. The van der Waals surface area contributed by atoms with Crippen molar-refractivity contribution < 1.29 is 14.2 Å². The van der Waals surface area contributed by atoms with E-state index in [0.29, 0.717) is 12.0 Å². The summed E-state index contributed by atoms with van der Waals surface area (Å²) < 4.78 is 17.9. The van der Waals surface area contributed by atoms with Gasteiger partial charge in [0, 0.05) is 30.0 Å². The van der Waals surface area contributed by atoms with Crippen LogP contribution in [-0.2, 0) is 16.6 Å². The normalized spacial score (nSPS) is 39.8. The quantitative estimate of drug-likeness (QED) is 0.783. The van der Waals surface area contributed by atoms with Crippen molar-refractivity contribution in [1.82, 2.24) is 4.90 Å². The molecule has 1 aromatic rings. The summed E-state index contributed by atoms with van der Waals surface area (Å²) in [5.41, 5.74) is 2.88. The number of rotatable bonds is 2. The van der Waals surface area contributed by atoms with Gasteiger partial charge in [-0.15, -0.1) is 0 Å². The minimum Gasteiger partial charge on any atom is -0.493 e. The van der Waals surface area contributed by atoms with Gasteiger partial charge in [0.1, 0.15) is 12.2 Å². The third-order valence-corrected chi connectivity index (χ3v) is 6.61. The van der Waals surface area contributed by atoms with Crippen LogP contribution in [0.5, 0.6) is 11.5 Å². The summed E-state index contributed by atoms with van der Waals surface area (Å²) in [6.45, 7) is 1.11. The molecule has 23 heavy (non-hydrogen) atoms. The van der Waals surface area contributed by atoms with Gasteiger partial charge in [0.25, 0.3) is 0 Å². The average molecular weight is 313 g/mol. The summed E-state index contributed by atoms with van der Waals surface area (Å²) in [4.78, 5) is 2.52. The monoisotopic (exact) mass is 313 g/mol. The Bertz CT molecular complexity index is 700. The lowest BCUT2D eigenvalue weighted by molar-refractivity contribution is -0.0581. The third kappa shape index (κ3) is 1.49. The lowest BCUT2D eigenvalue weighted by atomic mass is 9.53. The van der Waals surface area contributed by atoms with Crippen molar-refractivity contribution in [3.05, 3.63) is 35.4 Å². The number of methoxy groups -OCH3 is 2. The van der Waals surface area contributed by atoms with Crippen LogP contribution in [0.25, 0.3) is 0 Å². The average Bonchev–Trinajstić information content (AvgIpc) is 2.92. The molecule has 0 amide bonds. The van der Waals surface area contributed by atoms with E-state index in [2.05, 4.69) is 36.2 Å². The molecule has 4 heteroatoms. The number of hydrogen-bond donors (Lipinski definition) is 0. The van der Waals surface area contributed by atoms with Crippen LogP contribution in [0.2, 0.25) is 0 Å². The van der Waals surface area contributed by atoms with Gasteiger partial charge >= 0.3 is 0 Å². The zero-order valence-electron chi connectivity index (χ0n) is 13.9. The Morgan fingerprint density at radius 2 is 2.13 bits per heavy atom. The van der Waals surface area contributed by atoms with Crippen molar-refractivity contribution in [3.63, 3.8) is 0 Å². The number of hydrogen-bond acceptors (Lipinski definition) is 4. The highest BCUT2D eigenvalue weighted by Crippen LogP contribution is 2.62. The summed E-state index contributed by atoms with van der Waals surface area (Å²) in [5.74, 6) is 2.32. The molecule has 0 unspecified atom stereocenters. The summed E-state index contributed by atoms with van der Waals surface area (Å²) in [5, 5.41) is 0. The number of likely N-dealkylation sites (N-methyl/N-ethyl adjacent to an activating group) is 1. The number of ether oxygens (including phenoxy) is 3. The highest BCUT2D eigenvalue weighted by atomic mass is 16.6. The van der Waals surface area contributed by atoms with Gasteiger partial charge in [0.05, 0.1) is 7.11 Å². The summed E-state index contributed by atoms with van der Waals surface area (Å²) in [6.07, 6.45) is 6.89. The second kappa shape index (κ2) is 4.52. The smallest absolute Gasteiger partial charge is 0.165 e. The molecule has 5 rings (SSSR count). The van der Waals surface area contributed by atoms with Crippen LogP contribution in [-0.4, -0.2) is 51.0 Å². The van der Waals surface area contributed by atoms with Gasteiger partial charge in [0.15, 0.2) is 11.5 Å². The standard InChI is InChI=1S/C19H23NO3/c1-20-9-8-19-12-5-7-15(22-3)18(19)23-17-14(21-2)6-4-11(16(17)19)10-13(12)20/h4-7,12-13,15,18H,8-10H2,1-3H3/t12-,13+,15+,18+,19-/m0/s1. The second-order valence-electron chi connectivity index (χ2n) is 7.32. The van der Waals surface area contributed by atoms with Gasteiger partial charge in [0.2, 0.25) is 0 Å². The maximum absolute atomic E-state index is 6.52. The lowest BCUT2D eigenvalue weighted by Crippen LogP contribution is -2.65. The highest BCUT2D eigenvalue weighted by molar-refractivity contribution is 5.62. The molecule has 2 heterocycles. The summed E-state index contributed by atoms with van der Waals surface area (Å²) in [7, 11) is 5.77. The van der Waals surface area contributed by atoms with Crippen molar-refractivity contribution in [2.24, 2.45) is 5.92 Å². The number of benzene rings is 1. The van der Waals surface area contributed by atoms with Crippen molar-refractivity contribution in [2.75, 3.05) is 27.8 Å². The minimum atomic E-state index is 0.0124. The Balaban J connectivity index is 1.80. The number of piperidine rings is 1. The molecular weight excluding hydrogens is 290 g/mol. The highest BCUT2D eigenvalue weighted by Gasteiger charge is 2.64. The first-order chi connectivity index (χ1) is 11.2. The molecule has 2 bridgehead atoms. The first-order valence-electron chi connectivity index (χ1n) is 8.49. The van der Waals surface area contributed by atoms with Crippen LogP contribution in [0.3, 0.4) is 0 Å². The molecule has 2 aliphatic heterocycles. The molecule has 1 aromatic carbocycles. The van der Waals surface area contributed by atoms with Gasteiger partial charge in [-0.3, -0.25) is 0 Å². The van der Waals surface area contributed by atoms with Crippen LogP contribution >= 0.6 is 0 Å². The first-order valence-corrected chi connectivity index (χ1v) is 8.49. The topological polar surface area (TPSA) is 30.9 Å². The molecule has 2 aliphatic carbocycles. The predicted octanol–water partition coefficient (Wildman–Crippen LogP) is 2.16. The number of likely N-dealkylation sites (tertiary alicyclic amines) is 1. The Morgan fingerprint density at radius 1 is 1.26 bits per heavy atom. The van der Waals surface area contributed by atoms with Gasteiger partial charge in [-0.25, -0.2) is 0 Å². The fourth-order valence-electron chi connectivity index (χ4n) is 5.57. The third-order valence-electron chi connectivity index (χ3n) is 6.61. The van der Waals surface area contributed by atoms with Gasteiger partial charge in [-0.1, -0.05) is 18.2 Å². The Labute approximate surface area is 137 Å². The van der Waals surface area contributed by atoms with Crippen molar-refractivity contribution in [3.8, 4) is 11.5 Å². The molecule has 0 saturated carbocycles. The van der Waals surface area contributed by atoms with Crippen LogP contribution in [0.15, 0.2) is 24.3 Å². The molecule has 1 spiro atoms. The second-order valence-corrected chi connectivity index (χ2v) is 7.32. The molecule has 0 aromatic heterocycles. The van der Waals surface area contributed by atoms with Crippen molar-refractivity contribution in [1.29, 1.82) is 0 Å². The fraction of sp³-hybridized carbons (Fsp3) is 0.579. The Kier molecular flexibility index (Phi) is 2.73. The zero-order chi connectivity index (χ0) is 15.8. The molecule has 1 saturated heterocycles. The van der Waals surface area contributed by atoms with Gasteiger partial charge in [-0.05, 0) is 38.1 Å². The number of nitrogens with zero attached hydrogens (tertiary/aromatic N) is 1. The SMILES string of the molecule is COc1ccc2c3c1O[C@@H]1[C@H](OC)C=C[C@H]4[C@@H](C2)N(C)CC[C@]314. The molecule has 122 valence electrons. The maximum atomic E-state index is 6.52. The fourth-order valence-corrected chi connectivity index (χ4v) is 5.57. The van der Waals surface area contributed by atoms with E-state index in [4.69, 9.17) is 14.2 Å². The summed E-state index contributed by atoms with van der Waals surface area (Å²) >= 11 is 0. The molecule has 4 aliphatic rings. The molecule has 0 radical (unpaired) electrons. The van der Waals surface area contributed by atoms with E-state index in [-0.39, 0.29) is 17.6 Å². The Hall–Kier alpha value is -1.52. The van der Waals surface area contributed by atoms with Crippen LogP contribution in [0, 0.1) is 5.92 Å². The summed E-state index contributed by atoms with van der Waals surface area (Å²) in [6, 6.07) is 4.86. The van der Waals surface area contributed by atoms with Crippen LogP contribution < -0.4 is 9.47 Å². The van der Waals surface area contributed by atoms with Crippen LogP contribution in [0.1, 0.15) is 17.5 Å². The van der Waals surface area contributed by atoms with Gasteiger partial charge < -0.3 is 19.1 Å². The Morgan fingerprint density at radius 3 is 2.91 bits per heavy atom. The predicted molar refractivity (Wildman–Crippen MR) is 87.3 cm³/mol. The molecule has 1 fully saturated rings. The van der Waals surface area contributed by atoms with Gasteiger partial charge in [-0.2, -0.15) is 0 Å². The van der Waals surface area contributed by atoms with Crippen molar-refractivity contribution in [2.45, 2.75) is 36.5 Å². The van der Waals surface area contributed by atoms with E-state index < -0.39 is 0 Å². The van der Waals surface area contributed by atoms with E-state index in [0.717, 1.165) is 30.9 Å². The molecular formula is C19H23NO3. The minimum absolute atomic E-state index is 0.0124. The lowest BCUT2D eigenvalue weighted by Gasteiger charge is -2.56. The van der Waals surface area contributed by atoms with Crippen LogP contribution in [0.4, 0.5) is 0 Å². The van der Waals surface area contributed by atoms with Crippen molar-refractivity contribution >= 4 is 0 Å². The van der Waals surface area contributed by atoms with E-state index in [1.165, 1.54) is 11.1 Å². The maximum Gasteiger partial charge on any atom is 0.165 e. The zero-order valence-corrected chi connectivity index (χ0v) is 13.9. The van der Waals surface area contributed by atoms with E-state index in [1.807, 2.05) is 0 Å². The molecule has 4 nitrogen and oxygen atoms in total. The van der Waals surface area contributed by atoms with E-state index in [9.17, 15) is 0 Å². The first kappa shape index (κ1) is 13.9.